The monoisotopic (exact) mass is 235 g/mol. The van der Waals surface area contributed by atoms with Gasteiger partial charge >= 0.3 is 0 Å². The van der Waals surface area contributed by atoms with Crippen molar-refractivity contribution in [3.05, 3.63) is 18.0 Å². The van der Waals surface area contributed by atoms with Crippen molar-refractivity contribution < 1.29 is 0 Å². The van der Waals surface area contributed by atoms with Gasteiger partial charge in [-0.15, -0.1) is 0 Å². The fourth-order valence-corrected chi connectivity index (χ4v) is 2.76. The second-order valence-electron chi connectivity index (χ2n) is 5.61. The zero-order valence-electron chi connectivity index (χ0n) is 11.4. The third kappa shape index (κ3) is 2.71. The number of hydrogen-bond donors (Lipinski definition) is 1. The molecule has 0 saturated heterocycles. The minimum absolute atomic E-state index is 0.489. The summed E-state index contributed by atoms with van der Waals surface area (Å²) in [5, 5.41) is 8.06. The predicted octanol–water partition coefficient (Wildman–Crippen LogP) is 2.79. The molecule has 1 heterocycles. The third-order valence-electron chi connectivity index (χ3n) is 4.23. The number of aromatic nitrogens is 2. The van der Waals surface area contributed by atoms with E-state index in [9.17, 15) is 0 Å². The van der Waals surface area contributed by atoms with Crippen LogP contribution in [0.4, 0.5) is 0 Å². The Morgan fingerprint density at radius 1 is 1.53 bits per heavy atom. The molecule has 1 aromatic heterocycles. The van der Waals surface area contributed by atoms with Crippen LogP contribution in [0.3, 0.4) is 0 Å². The lowest BCUT2D eigenvalue weighted by Crippen LogP contribution is -2.40. The Morgan fingerprint density at radius 2 is 2.29 bits per heavy atom. The largest absolute Gasteiger partial charge is 0.319 e. The lowest BCUT2D eigenvalue weighted by atomic mass is 9.66. The fraction of sp³-hybridized carbons (Fsp3) is 0.786. The molecule has 0 amide bonds. The topological polar surface area (TPSA) is 29.9 Å². The van der Waals surface area contributed by atoms with E-state index in [2.05, 4.69) is 43.2 Å². The zero-order valence-corrected chi connectivity index (χ0v) is 11.4. The smallest absolute Gasteiger partial charge is 0.0630 e. The molecular weight excluding hydrogens is 210 g/mol. The van der Waals surface area contributed by atoms with Crippen LogP contribution in [0.25, 0.3) is 0 Å². The highest BCUT2D eigenvalue weighted by atomic mass is 15.3. The maximum atomic E-state index is 4.72. The van der Waals surface area contributed by atoms with Gasteiger partial charge in [0.05, 0.1) is 5.69 Å². The van der Waals surface area contributed by atoms with Crippen molar-refractivity contribution in [1.82, 2.24) is 15.1 Å². The van der Waals surface area contributed by atoms with Gasteiger partial charge < -0.3 is 5.32 Å². The normalized spacial score (nSPS) is 19.9. The quantitative estimate of drug-likeness (QED) is 0.821. The summed E-state index contributed by atoms with van der Waals surface area (Å²) in [5.41, 5.74) is 1.75. The molecule has 0 aliphatic heterocycles. The Bertz CT molecular complexity index is 352. The van der Waals surface area contributed by atoms with Crippen molar-refractivity contribution in [2.45, 2.75) is 52.0 Å². The van der Waals surface area contributed by atoms with Crippen LogP contribution in [0, 0.1) is 5.41 Å². The van der Waals surface area contributed by atoms with E-state index in [0.717, 1.165) is 19.4 Å². The summed E-state index contributed by atoms with van der Waals surface area (Å²) in [6, 6.07) is 2.72. The van der Waals surface area contributed by atoms with E-state index in [1.807, 2.05) is 0 Å². The van der Waals surface area contributed by atoms with Crippen molar-refractivity contribution in [2.75, 3.05) is 13.6 Å². The highest BCUT2D eigenvalue weighted by molar-refractivity contribution is 5.06. The highest BCUT2D eigenvalue weighted by Crippen LogP contribution is 2.42. The second-order valence-corrected chi connectivity index (χ2v) is 5.61. The first-order valence-electron chi connectivity index (χ1n) is 6.88. The minimum Gasteiger partial charge on any atom is -0.319 e. The average Bonchev–Trinajstić information content (AvgIpc) is 2.73. The van der Waals surface area contributed by atoms with Gasteiger partial charge in [0, 0.05) is 18.8 Å². The lowest BCUT2D eigenvalue weighted by Gasteiger charge is -2.41. The van der Waals surface area contributed by atoms with Crippen molar-refractivity contribution in [3.63, 3.8) is 0 Å². The van der Waals surface area contributed by atoms with Crippen LogP contribution in [-0.4, -0.2) is 23.4 Å². The Labute approximate surface area is 105 Å². The molecule has 17 heavy (non-hydrogen) atoms. The molecule has 0 aromatic carbocycles. The standard InChI is InChI=1S/C14H25N3/c1-4-12(2)17-9-6-13(16-17)10-14(11-15-3)7-5-8-14/h6,9,12,15H,4-5,7-8,10-11H2,1-3H3. The van der Waals surface area contributed by atoms with Crippen LogP contribution < -0.4 is 5.32 Å². The van der Waals surface area contributed by atoms with Crippen molar-refractivity contribution in [3.8, 4) is 0 Å². The summed E-state index contributed by atoms with van der Waals surface area (Å²) >= 11 is 0. The predicted molar refractivity (Wildman–Crippen MR) is 71.1 cm³/mol. The molecule has 1 unspecified atom stereocenters. The van der Waals surface area contributed by atoms with Gasteiger partial charge in [0.2, 0.25) is 0 Å². The molecule has 1 aliphatic rings. The fourth-order valence-electron chi connectivity index (χ4n) is 2.76. The van der Waals surface area contributed by atoms with Gasteiger partial charge in [-0.3, -0.25) is 4.68 Å². The van der Waals surface area contributed by atoms with E-state index in [0.29, 0.717) is 11.5 Å². The van der Waals surface area contributed by atoms with Gasteiger partial charge in [-0.2, -0.15) is 5.10 Å². The van der Waals surface area contributed by atoms with Crippen LogP contribution in [0.5, 0.6) is 0 Å². The first kappa shape index (κ1) is 12.6. The maximum Gasteiger partial charge on any atom is 0.0630 e. The van der Waals surface area contributed by atoms with Gasteiger partial charge in [0.15, 0.2) is 0 Å². The number of nitrogens with zero attached hydrogens (tertiary/aromatic N) is 2. The summed E-state index contributed by atoms with van der Waals surface area (Å²) in [5.74, 6) is 0. The molecule has 1 fully saturated rings. The third-order valence-corrected chi connectivity index (χ3v) is 4.23. The molecule has 3 nitrogen and oxygen atoms in total. The first-order valence-corrected chi connectivity index (χ1v) is 6.88. The summed E-state index contributed by atoms with van der Waals surface area (Å²) in [7, 11) is 2.05. The van der Waals surface area contributed by atoms with Crippen molar-refractivity contribution in [1.29, 1.82) is 0 Å². The van der Waals surface area contributed by atoms with Gasteiger partial charge in [0.1, 0.15) is 0 Å². The molecule has 0 bridgehead atoms. The molecule has 1 atom stereocenters. The summed E-state index contributed by atoms with van der Waals surface area (Å²) < 4.78 is 2.11. The Morgan fingerprint density at radius 3 is 2.82 bits per heavy atom. The van der Waals surface area contributed by atoms with Crippen LogP contribution in [0.15, 0.2) is 12.3 Å². The average molecular weight is 235 g/mol. The van der Waals surface area contributed by atoms with Crippen LogP contribution in [0.1, 0.15) is 51.3 Å². The van der Waals surface area contributed by atoms with E-state index >= 15 is 0 Å². The Kier molecular flexibility index (Phi) is 3.87. The van der Waals surface area contributed by atoms with E-state index in [1.54, 1.807) is 0 Å². The molecular formula is C14H25N3. The van der Waals surface area contributed by atoms with Gasteiger partial charge in [0.25, 0.3) is 0 Å². The zero-order chi connectivity index (χ0) is 12.3. The first-order chi connectivity index (χ1) is 8.19. The number of nitrogens with one attached hydrogen (secondary N) is 1. The van der Waals surface area contributed by atoms with Gasteiger partial charge in [-0.25, -0.2) is 0 Å². The lowest BCUT2D eigenvalue weighted by molar-refractivity contribution is 0.131. The Hall–Kier alpha value is -0.830. The minimum atomic E-state index is 0.489. The van der Waals surface area contributed by atoms with Gasteiger partial charge in [-0.1, -0.05) is 13.3 Å². The van der Waals surface area contributed by atoms with Gasteiger partial charge in [-0.05, 0) is 51.1 Å². The molecule has 0 spiro atoms. The molecule has 96 valence electrons. The summed E-state index contributed by atoms with van der Waals surface area (Å²) in [6.07, 6.45) is 8.50. The van der Waals surface area contributed by atoms with Crippen LogP contribution in [0.2, 0.25) is 0 Å². The molecule has 2 rings (SSSR count). The van der Waals surface area contributed by atoms with E-state index in [-0.39, 0.29) is 0 Å². The van der Waals surface area contributed by atoms with Crippen molar-refractivity contribution in [2.24, 2.45) is 5.41 Å². The molecule has 1 saturated carbocycles. The Balaban J connectivity index is 2.00. The SMILES string of the molecule is CCC(C)n1ccc(CC2(CNC)CCC2)n1. The van der Waals surface area contributed by atoms with Crippen LogP contribution >= 0.6 is 0 Å². The molecule has 1 aliphatic carbocycles. The maximum absolute atomic E-state index is 4.72. The highest BCUT2D eigenvalue weighted by Gasteiger charge is 2.36. The molecule has 1 aromatic rings. The van der Waals surface area contributed by atoms with E-state index in [1.165, 1.54) is 25.0 Å². The molecule has 0 radical (unpaired) electrons. The molecule has 1 N–H and O–H groups in total. The second kappa shape index (κ2) is 5.21. The summed E-state index contributed by atoms with van der Waals surface area (Å²) in [6.45, 7) is 5.56. The molecule has 3 heteroatoms. The number of hydrogen-bond acceptors (Lipinski definition) is 2. The van der Waals surface area contributed by atoms with Crippen molar-refractivity contribution >= 4 is 0 Å². The van der Waals surface area contributed by atoms with Crippen LogP contribution in [-0.2, 0) is 6.42 Å². The van der Waals surface area contributed by atoms with E-state index in [4.69, 9.17) is 5.10 Å². The summed E-state index contributed by atoms with van der Waals surface area (Å²) in [4.78, 5) is 0. The number of rotatable bonds is 6. The van der Waals surface area contributed by atoms with E-state index < -0.39 is 0 Å².